The van der Waals surface area contributed by atoms with Crippen LogP contribution >= 0.6 is 0 Å². The number of ether oxygens (including phenoxy) is 2. The van der Waals surface area contributed by atoms with Gasteiger partial charge in [0, 0.05) is 22.6 Å². The molecule has 0 aliphatic rings. The van der Waals surface area contributed by atoms with Crippen molar-refractivity contribution in [1.82, 2.24) is 0 Å². The van der Waals surface area contributed by atoms with Crippen LogP contribution in [0.15, 0.2) is 53.1 Å². The van der Waals surface area contributed by atoms with Gasteiger partial charge in [-0.25, -0.2) is 0 Å². The number of ketones is 1. The van der Waals surface area contributed by atoms with Crippen molar-refractivity contribution in [3.63, 3.8) is 0 Å². The second-order valence-corrected chi connectivity index (χ2v) is 6.16. The Morgan fingerprint density at radius 2 is 1.85 bits per heavy atom. The van der Waals surface area contributed by atoms with E-state index in [2.05, 4.69) is 0 Å². The van der Waals surface area contributed by atoms with Gasteiger partial charge in [-0.3, -0.25) is 9.59 Å². The van der Waals surface area contributed by atoms with Crippen molar-refractivity contribution in [2.75, 3.05) is 7.11 Å². The molecule has 26 heavy (non-hydrogen) atoms. The topological polar surface area (TPSA) is 65.7 Å². The average Bonchev–Trinajstić information content (AvgIpc) is 3.03. The summed E-state index contributed by atoms with van der Waals surface area (Å²) in [5.41, 5.74) is 2.94. The molecule has 0 aliphatic heterocycles. The van der Waals surface area contributed by atoms with Crippen molar-refractivity contribution in [2.45, 2.75) is 26.4 Å². The molecule has 1 atom stereocenters. The first-order valence-electron chi connectivity index (χ1n) is 8.32. The maximum absolute atomic E-state index is 12.4. The second-order valence-electron chi connectivity index (χ2n) is 6.16. The molecular weight excluding hydrogens is 332 g/mol. The van der Waals surface area contributed by atoms with Crippen LogP contribution in [0.4, 0.5) is 0 Å². The molecule has 5 nitrogen and oxygen atoms in total. The van der Waals surface area contributed by atoms with Crippen LogP contribution in [0, 0.1) is 6.92 Å². The van der Waals surface area contributed by atoms with Gasteiger partial charge in [-0.15, -0.1) is 0 Å². The second kappa shape index (κ2) is 7.44. The highest BCUT2D eigenvalue weighted by molar-refractivity contribution is 6.00. The Bertz CT molecular complexity index is 937. The quantitative estimate of drug-likeness (QED) is 0.493. The van der Waals surface area contributed by atoms with E-state index in [9.17, 15) is 9.59 Å². The Labute approximate surface area is 151 Å². The summed E-state index contributed by atoms with van der Waals surface area (Å²) < 4.78 is 15.9. The number of esters is 1. The average molecular weight is 352 g/mol. The summed E-state index contributed by atoms with van der Waals surface area (Å²) in [5.74, 6) is -0.0186. The standard InChI is InChI=1S/C21H20O5/c1-13-4-6-15(7-5-13)21(23)14(2)26-20(22)10-16-12-25-19-11-17(24-3)8-9-18(16)19/h4-9,11-12,14H,10H2,1-3H3/t14-/m0/s1. The fourth-order valence-corrected chi connectivity index (χ4v) is 2.73. The third-order valence-corrected chi connectivity index (χ3v) is 4.21. The third-order valence-electron chi connectivity index (χ3n) is 4.21. The highest BCUT2D eigenvalue weighted by atomic mass is 16.5. The van der Waals surface area contributed by atoms with Gasteiger partial charge in [-0.1, -0.05) is 29.8 Å². The zero-order chi connectivity index (χ0) is 18.7. The Morgan fingerprint density at radius 3 is 2.54 bits per heavy atom. The number of carbonyl (C=O) groups is 2. The molecule has 0 radical (unpaired) electrons. The van der Waals surface area contributed by atoms with Crippen molar-refractivity contribution in [3.05, 3.63) is 65.4 Å². The van der Waals surface area contributed by atoms with Gasteiger partial charge in [-0.05, 0) is 26.0 Å². The van der Waals surface area contributed by atoms with Crippen molar-refractivity contribution in [3.8, 4) is 5.75 Å². The number of hydrogen-bond donors (Lipinski definition) is 0. The van der Waals surface area contributed by atoms with Gasteiger partial charge >= 0.3 is 5.97 Å². The Morgan fingerprint density at radius 1 is 1.12 bits per heavy atom. The van der Waals surface area contributed by atoms with Gasteiger partial charge in [-0.2, -0.15) is 0 Å². The highest BCUT2D eigenvalue weighted by Gasteiger charge is 2.20. The minimum absolute atomic E-state index is 0.0326. The number of furan rings is 1. The zero-order valence-corrected chi connectivity index (χ0v) is 14.9. The molecule has 0 fully saturated rings. The first-order chi connectivity index (χ1) is 12.5. The summed E-state index contributed by atoms with van der Waals surface area (Å²) in [6, 6.07) is 12.6. The van der Waals surface area contributed by atoms with E-state index in [4.69, 9.17) is 13.9 Å². The smallest absolute Gasteiger partial charge is 0.311 e. The van der Waals surface area contributed by atoms with Crippen LogP contribution in [0.1, 0.15) is 28.4 Å². The molecule has 0 amide bonds. The SMILES string of the molecule is COc1ccc2c(CC(=O)O[C@@H](C)C(=O)c3ccc(C)cc3)coc2c1. The van der Waals surface area contributed by atoms with E-state index in [1.54, 1.807) is 38.3 Å². The van der Waals surface area contributed by atoms with E-state index >= 15 is 0 Å². The van der Waals surface area contributed by atoms with Crippen LogP contribution in [0.3, 0.4) is 0 Å². The Balaban J connectivity index is 1.66. The minimum Gasteiger partial charge on any atom is -0.497 e. The van der Waals surface area contributed by atoms with Gasteiger partial charge in [0.2, 0.25) is 5.78 Å². The van der Waals surface area contributed by atoms with E-state index in [-0.39, 0.29) is 12.2 Å². The van der Waals surface area contributed by atoms with Crippen LogP contribution in [-0.2, 0) is 16.0 Å². The summed E-state index contributed by atoms with van der Waals surface area (Å²) in [5, 5.41) is 0.820. The van der Waals surface area contributed by atoms with E-state index in [1.807, 2.05) is 25.1 Å². The molecule has 0 bridgehead atoms. The zero-order valence-electron chi connectivity index (χ0n) is 14.9. The monoisotopic (exact) mass is 352 g/mol. The Kier molecular flexibility index (Phi) is 5.07. The van der Waals surface area contributed by atoms with Gasteiger partial charge in [0.25, 0.3) is 0 Å². The van der Waals surface area contributed by atoms with E-state index < -0.39 is 12.1 Å². The molecule has 134 valence electrons. The normalized spacial score (nSPS) is 12.0. The van der Waals surface area contributed by atoms with Gasteiger partial charge in [0.1, 0.15) is 11.3 Å². The summed E-state index contributed by atoms with van der Waals surface area (Å²) in [7, 11) is 1.58. The largest absolute Gasteiger partial charge is 0.497 e. The lowest BCUT2D eigenvalue weighted by atomic mass is 10.1. The molecule has 3 rings (SSSR count). The minimum atomic E-state index is -0.844. The van der Waals surface area contributed by atoms with Crippen LogP contribution in [0.2, 0.25) is 0 Å². The van der Waals surface area contributed by atoms with Crippen LogP contribution in [0.5, 0.6) is 5.75 Å². The number of rotatable bonds is 6. The first-order valence-corrected chi connectivity index (χ1v) is 8.32. The van der Waals surface area contributed by atoms with Gasteiger partial charge in [0.15, 0.2) is 6.10 Å². The van der Waals surface area contributed by atoms with Crippen LogP contribution < -0.4 is 4.74 Å². The molecule has 3 aromatic rings. The summed E-state index contributed by atoms with van der Waals surface area (Å²) in [4.78, 5) is 24.6. The summed E-state index contributed by atoms with van der Waals surface area (Å²) in [6.45, 7) is 3.53. The number of fused-ring (bicyclic) bond motifs is 1. The molecule has 1 heterocycles. The first kappa shape index (κ1) is 17.7. The maximum Gasteiger partial charge on any atom is 0.311 e. The molecule has 0 spiro atoms. The van der Waals surface area contributed by atoms with Gasteiger partial charge in [0.05, 0.1) is 19.8 Å². The predicted octanol–water partition coefficient (Wildman–Crippen LogP) is 4.11. The van der Waals surface area contributed by atoms with Crippen LogP contribution in [0.25, 0.3) is 11.0 Å². The number of benzene rings is 2. The molecule has 0 aliphatic carbocycles. The van der Waals surface area contributed by atoms with E-state index in [0.717, 1.165) is 10.9 Å². The maximum atomic E-state index is 12.4. The van der Waals surface area contributed by atoms with E-state index in [1.165, 1.54) is 6.26 Å². The van der Waals surface area contributed by atoms with Crippen molar-refractivity contribution >= 4 is 22.7 Å². The molecule has 0 saturated carbocycles. The van der Waals surface area contributed by atoms with Gasteiger partial charge < -0.3 is 13.9 Å². The highest BCUT2D eigenvalue weighted by Crippen LogP contribution is 2.26. The molecule has 1 aromatic heterocycles. The summed E-state index contributed by atoms with van der Waals surface area (Å²) >= 11 is 0. The molecule has 0 saturated heterocycles. The van der Waals surface area contributed by atoms with Crippen molar-refractivity contribution < 1.29 is 23.5 Å². The van der Waals surface area contributed by atoms with Crippen molar-refractivity contribution in [1.29, 1.82) is 0 Å². The number of aryl methyl sites for hydroxylation is 1. The number of methoxy groups -OCH3 is 1. The lowest BCUT2D eigenvalue weighted by molar-refractivity contribution is -0.145. The lowest BCUT2D eigenvalue weighted by Crippen LogP contribution is -2.25. The number of Topliss-reactive ketones (excluding diaryl/α,β-unsaturated/α-hetero) is 1. The van der Waals surface area contributed by atoms with Crippen LogP contribution in [-0.4, -0.2) is 25.0 Å². The Hall–Kier alpha value is -3.08. The van der Waals surface area contributed by atoms with Crippen molar-refractivity contribution in [2.24, 2.45) is 0 Å². The third kappa shape index (κ3) is 3.77. The predicted molar refractivity (Wildman–Crippen MR) is 97.5 cm³/mol. The molecule has 5 heteroatoms. The number of hydrogen-bond acceptors (Lipinski definition) is 5. The molecule has 0 N–H and O–H groups in total. The lowest BCUT2D eigenvalue weighted by Gasteiger charge is -2.12. The molecular formula is C21H20O5. The molecule has 0 unspecified atom stereocenters. The molecule has 2 aromatic carbocycles. The fraction of sp³-hybridized carbons (Fsp3) is 0.238. The number of carbonyl (C=O) groups excluding carboxylic acids is 2. The van der Waals surface area contributed by atoms with E-state index in [0.29, 0.717) is 22.5 Å². The summed E-state index contributed by atoms with van der Waals surface area (Å²) in [6.07, 6.45) is 0.714. The fourth-order valence-electron chi connectivity index (χ4n) is 2.73.